The average Bonchev–Trinajstić information content (AvgIpc) is 2.15. The lowest BCUT2D eigenvalue weighted by molar-refractivity contribution is 0.572. The molecule has 0 atom stereocenters. The molecule has 0 bridgehead atoms. The first-order valence-corrected chi connectivity index (χ1v) is 4.89. The predicted molar refractivity (Wildman–Crippen MR) is 50.9 cm³/mol. The summed E-state index contributed by atoms with van der Waals surface area (Å²) < 4.78 is 26.6. The molecule has 0 aromatic heterocycles. The highest BCUT2D eigenvalue weighted by Gasteiger charge is 2.18. The maximum atomic E-state index is 13.2. The predicted octanol–water partition coefficient (Wildman–Crippen LogP) is 3.09. The van der Waals surface area contributed by atoms with Crippen molar-refractivity contribution in [3.05, 3.63) is 27.7 Å². The fraction of sp³-hybridized carbons (Fsp3) is 0.333. The molecule has 1 aliphatic rings. The Morgan fingerprint density at radius 1 is 1.31 bits per heavy atom. The highest BCUT2D eigenvalue weighted by molar-refractivity contribution is 9.10. The van der Waals surface area contributed by atoms with Crippen LogP contribution in [-0.4, -0.2) is 6.54 Å². The van der Waals surface area contributed by atoms with Crippen molar-refractivity contribution >= 4 is 21.6 Å². The summed E-state index contributed by atoms with van der Waals surface area (Å²) in [6.45, 7) is 0.752. The number of anilines is 1. The van der Waals surface area contributed by atoms with E-state index >= 15 is 0 Å². The van der Waals surface area contributed by atoms with Gasteiger partial charge >= 0.3 is 0 Å². The Labute approximate surface area is 83.3 Å². The van der Waals surface area contributed by atoms with Crippen LogP contribution in [0.5, 0.6) is 0 Å². The second-order valence-corrected chi connectivity index (χ2v) is 3.83. The van der Waals surface area contributed by atoms with Gasteiger partial charge in [0, 0.05) is 12.6 Å². The van der Waals surface area contributed by atoms with Gasteiger partial charge in [-0.3, -0.25) is 0 Å². The quantitative estimate of drug-likeness (QED) is 0.695. The van der Waals surface area contributed by atoms with Gasteiger partial charge in [0.25, 0.3) is 0 Å². The zero-order valence-electron chi connectivity index (χ0n) is 6.83. The van der Waals surface area contributed by atoms with Gasteiger partial charge in [-0.05, 0) is 34.3 Å². The van der Waals surface area contributed by atoms with Crippen LogP contribution < -0.4 is 5.32 Å². The standard InChI is InChI=1S/C9H8BrF2N/c10-8-5-2-1-3-13-9(5)7(12)4-6(8)11/h4,13H,1-3H2. The van der Waals surface area contributed by atoms with Crippen LogP contribution in [0.3, 0.4) is 0 Å². The lowest BCUT2D eigenvalue weighted by Gasteiger charge is -2.19. The molecule has 0 amide bonds. The third-order valence-electron chi connectivity index (χ3n) is 2.17. The van der Waals surface area contributed by atoms with Crippen LogP contribution in [0.2, 0.25) is 0 Å². The molecular formula is C9H8BrF2N. The maximum absolute atomic E-state index is 13.2. The summed E-state index contributed by atoms with van der Waals surface area (Å²) in [4.78, 5) is 0. The summed E-state index contributed by atoms with van der Waals surface area (Å²) in [6, 6.07) is 0.904. The third kappa shape index (κ3) is 1.43. The van der Waals surface area contributed by atoms with Crippen molar-refractivity contribution in [2.24, 2.45) is 0 Å². The minimum absolute atomic E-state index is 0.385. The number of hydrogen-bond donors (Lipinski definition) is 1. The molecule has 0 unspecified atom stereocenters. The second-order valence-electron chi connectivity index (χ2n) is 3.04. The summed E-state index contributed by atoms with van der Waals surface area (Å²) in [5, 5.41) is 2.93. The molecule has 1 nitrogen and oxygen atoms in total. The molecule has 70 valence electrons. The first kappa shape index (κ1) is 8.94. The van der Waals surface area contributed by atoms with Crippen molar-refractivity contribution < 1.29 is 8.78 Å². The fourth-order valence-corrected chi connectivity index (χ4v) is 2.06. The molecule has 1 aromatic carbocycles. The molecule has 1 heterocycles. The van der Waals surface area contributed by atoms with E-state index in [-0.39, 0.29) is 0 Å². The van der Waals surface area contributed by atoms with Crippen LogP contribution in [0.15, 0.2) is 10.5 Å². The number of fused-ring (bicyclic) bond motifs is 1. The van der Waals surface area contributed by atoms with Gasteiger partial charge in [0.2, 0.25) is 0 Å². The third-order valence-corrected chi connectivity index (χ3v) is 3.03. The van der Waals surface area contributed by atoms with Crippen molar-refractivity contribution in [3.63, 3.8) is 0 Å². The van der Waals surface area contributed by atoms with Crippen molar-refractivity contribution in [1.82, 2.24) is 0 Å². The Kier molecular flexibility index (Phi) is 2.24. The average molecular weight is 248 g/mol. The van der Waals surface area contributed by atoms with Gasteiger partial charge in [0.15, 0.2) is 0 Å². The Balaban J connectivity index is 2.63. The summed E-state index contributed by atoms with van der Waals surface area (Å²) in [6.07, 6.45) is 1.63. The van der Waals surface area contributed by atoms with E-state index in [9.17, 15) is 8.78 Å². The SMILES string of the molecule is Fc1cc(F)c2c(c1Br)CCCN2. The van der Waals surface area contributed by atoms with E-state index in [0.717, 1.165) is 25.5 Å². The van der Waals surface area contributed by atoms with E-state index in [0.29, 0.717) is 15.7 Å². The Morgan fingerprint density at radius 2 is 2.08 bits per heavy atom. The molecular weight excluding hydrogens is 240 g/mol. The minimum atomic E-state index is -0.528. The lowest BCUT2D eigenvalue weighted by Crippen LogP contribution is -2.14. The highest BCUT2D eigenvalue weighted by Crippen LogP contribution is 2.33. The van der Waals surface area contributed by atoms with Gasteiger partial charge in [-0.15, -0.1) is 0 Å². The number of nitrogens with one attached hydrogen (secondary N) is 1. The Morgan fingerprint density at radius 3 is 2.85 bits per heavy atom. The molecule has 0 fully saturated rings. The van der Waals surface area contributed by atoms with E-state index in [1.54, 1.807) is 0 Å². The molecule has 2 rings (SSSR count). The largest absolute Gasteiger partial charge is 0.382 e. The van der Waals surface area contributed by atoms with Crippen LogP contribution in [-0.2, 0) is 6.42 Å². The van der Waals surface area contributed by atoms with Crippen LogP contribution in [0.1, 0.15) is 12.0 Å². The number of benzene rings is 1. The Bertz CT molecular complexity index is 352. The Hall–Kier alpha value is -0.640. The second kappa shape index (κ2) is 3.25. The van der Waals surface area contributed by atoms with E-state index in [4.69, 9.17) is 0 Å². The van der Waals surface area contributed by atoms with Gasteiger partial charge in [0.1, 0.15) is 11.6 Å². The molecule has 0 saturated heterocycles. The smallest absolute Gasteiger partial charge is 0.149 e. The molecule has 0 saturated carbocycles. The molecule has 0 radical (unpaired) electrons. The number of halogens is 3. The van der Waals surface area contributed by atoms with E-state index in [1.165, 1.54) is 0 Å². The summed E-state index contributed by atoms with van der Waals surface area (Å²) in [7, 11) is 0. The van der Waals surface area contributed by atoms with Crippen molar-refractivity contribution in [3.8, 4) is 0 Å². The summed E-state index contributed by atoms with van der Waals surface area (Å²) in [5.74, 6) is -1.03. The zero-order valence-corrected chi connectivity index (χ0v) is 8.42. The molecule has 1 aromatic rings. The van der Waals surface area contributed by atoms with Crippen molar-refractivity contribution in [2.75, 3.05) is 11.9 Å². The van der Waals surface area contributed by atoms with Crippen LogP contribution >= 0.6 is 15.9 Å². The number of hydrogen-bond acceptors (Lipinski definition) is 1. The summed E-state index contributed by atoms with van der Waals surface area (Å²) in [5.41, 5.74) is 1.16. The zero-order chi connectivity index (χ0) is 9.42. The fourth-order valence-electron chi connectivity index (χ4n) is 1.55. The van der Waals surface area contributed by atoms with Gasteiger partial charge in [0.05, 0.1) is 10.2 Å². The van der Waals surface area contributed by atoms with Crippen molar-refractivity contribution in [2.45, 2.75) is 12.8 Å². The van der Waals surface area contributed by atoms with Gasteiger partial charge in [-0.2, -0.15) is 0 Å². The monoisotopic (exact) mass is 247 g/mol. The van der Waals surface area contributed by atoms with Crippen LogP contribution in [0, 0.1) is 11.6 Å². The lowest BCUT2D eigenvalue weighted by atomic mass is 10.0. The highest BCUT2D eigenvalue weighted by atomic mass is 79.9. The molecule has 0 spiro atoms. The first-order chi connectivity index (χ1) is 6.20. The molecule has 1 N–H and O–H groups in total. The topological polar surface area (TPSA) is 12.0 Å². The minimum Gasteiger partial charge on any atom is -0.382 e. The van der Waals surface area contributed by atoms with Gasteiger partial charge in [-0.1, -0.05) is 0 Å². The van der Waals surface area contributed by atoms with Crippen LogP contribution in [0.4, 0.5) is 14.5 Å². The first-order valence-electron chi connectivity index (χ1n) is 4.10. The molecule has 13 heavy (non-hydrogen) atoms. The van der Waals surface area contributed by atoms with Crippen LogP contribution in [0.25, 0.3) is 0 Å². The molecule has 1 aliphatic heterocycles. The maximum Gasteiger partial charge on any atom is 0.149 e. The van der Waals surface area contributed by atoms with Gasteiger partial charge < -0.3 is 5.32 Å². The molecule has 4 heteroatoms. The van der Waals surface area contributed by atoms with Gasteiger partial charge in [-0.25, -0.2) is 8.78 Å². The van der Waals surface area contributed by atoms with E-state index in [2.05, 4.69) is 21.2 Å². The summed E-state index contributed by atoms with van der Waals surface area (Å²) >= 11 is 3.12. The molecule has 0 aliphatic carbocycles. The van der Waals surface area contributed by atoms with E-state index < -0.39 is 11.6 Å². The van der Waals surface area contributed by atoms with E-state index in [1.807, 2.05) is 0 Å². The van der Waals surface area contributed by atoms with Crippen molar-refractivity contribution in [1.29, 1.82) is 0 Å². The number of rotatable bonds is 0. The normalized spacial score (nSPS) is 15.0.